The molecular weight excluding hydrogens is 286 g/mol. The number of likely N-dealkylation sites (N-methyl/N-ethyl adjacent to an activating group) is 1. The molecule has 118 valence electrons. The Bertz CT molecular complexity index is 628. The van der Waals surface area contributed by atoms with E-state index >= 15 is 0 Å². The maximum Gasteiger partial charge on any atom is 0.243 e. The fourth-order valence-corrected chi connectivity index (χ4v) is 4.96. The lowest BCUT2D eigenvalue weighted by atomic mass is 10.1. The third kappa shape index (κ3) is 3.22. The van der Waals surface area contributed by atoms with Gasteiger partial charge in [-0.1, -0.05) is 0 Å². The molecule has 1 atom stereocenters. The van der Waals surface area contributed by atoms with Crippen molar-refractivity contribution in [3.8, 4) is 0 Å². The van der Waals surface area contributed by atoms with Gasteiger partial charge in [0.05, 0.1) is 4.90 Å². The highest BCUT2D eigenvalue weighted by Gasteiger charge is 2.32. The normalized spacial score (nSPS) is 22.2. The number of hydrogen-bond acceptors (Lipinski definition) is 4. The average molecular weight is 311 g/mol. The fourth-order valence-electron chi connectivity index (χ4n) is 2.95. The highest BCUT2D eigenvalue weighted by Crippen LogP contribution is 2.28. The Labute approximate surface area is 127 Å². The standard InChI is InChI=1S/C15H25N3O2S/c1-11-8-14(16)13(3)15(9-11)21(19,20)18-7-5-6-17(4)10-12(18)2/h8-9,12H,5-7,10,16H2,1-4H3. The van der Waals surface area contributed by atoms with Crippen LogP contribution in [0.3, 0.4) is 0 Å². The molecule has 5 nitrogen and oxygen atoms in total. The highest BCUT2D eigenvalue weighted by atomic mass is 32.2. The first kappa shape index (κ1) is 16.3. The Morgan fingerprint density at radius 2 is 1.90 bits per heavy atom. The zero-order valence-corrected chi connectivity index (χ0v) is 14.1. The monoisotopic (exact) mass is 311 g/mol. The van der Waals surface area contributed by atoms with Gasteiger partial charge in [-0.3, -0.25) is 0 Å². The van der Waals surface area contributed by atoms with Gasteiger partial charge in [0.1, 0.15) is 0 Å². The minimum Gasteiger partial charge on any atom is -0.398 e. The third-order valence-corrected chi connectivity index (χ3v) is 6.26. The molecule has 1 aliphatic heterocycles. The number of anilines is 1. The summed E-state index contributed by atoms with van der Waals surface area (Å²) in [4.78, 5) is 2.52. The van der Waals surface area contributed by atoms with Crippen molar-refractivity contribution >= 4 is 15.7 Å². The predicted octanol–water partition coefficient (Wildman–Crippen LogP) is 1.60. The Balaban J connectivity index is 2.46. The van der Waals surface area contributed by atoms with Gasteiger partial charge >= 0.3 is 0 Å². The van der Waals surface area contributed by atoms with Crippen molar-refractivity contribution in [2.24, 2.45) is 0 Å². The Morgan fingerprint density at radius 1 is 1.24 bits per heavy atom. The van der Waals surface area contributed by atoms with Gasteiger partial charge in [0, 0.05) is 24.8 Å². The molecular formula is C15H25N3O2S. The minimum absolute atomic E-state index is 0.0383. The summed E-state index contributed by atoms with van der Waals surface area (Å²) in [6.07, 6.45) is 0.848. The summed E-state index contributed by atoms with van der Waals surface area (Å²) < 4.78 is 27.7. The molecule has 21 heavy (non-hydrogen) atoms. The van der Waals surface area contributed by atoms with Crippen LogP contribution in [0.1, 0.15) is 24.5 Å². The van der Waals surface area contributed by atoms with E-state index in [0.717, 1.165) is 25.1 Å². The molecule has 6 heteroatoms. The summed E-state index contributed by atoms with van der Waals surface area (Å²) in [5.41, 5.74) is 7.99. The first-order valence-corrected chi connectivity index (χ1v) is 8.74. The van der Waals surface area contributed by atoms with Crippen LogP contribution in [0, 0.1) is 13.8 Å². The number of nitrogen functional groups attached to an aromatic ring is 1. The summed E-state index contributed by atoms with van der Waals surface area (Å²) >= 11 is 0. The quantitative estimate of drug-likeness (QED) is 0.843. The van der Waals surface area contributed by atoms with E-state index in [4.69, 9.17) is 5.73 Å². The van der Waals surface area contributed by atoms with E-state index in [9.17, 15) is 8.42 Å². The number of aryl methyl sites for hydroxylation is 1. The molecule has 2 rings (SSSR count). The van der Waals surface area contributed by atoms with Crippen molar-refractivity contribution in [2.75, 3.05) is 32.4 Å². The maximum atomic E-state index is 13.0. The zero-order valence-electron chi connectivity index (χ0n) is 13.3. The van der Waals surface area contributed by atoms with Crippen molar-refractivity contribution in [1.82, 2.24) is 9.21 Å². The molecule has 0 bridgehead atoms. The van der Waals surface area contributed by atoms with Gasteiger partial charge < -0.3 is 10.6 Å². The third-order valence-electron chi connectivity index (χ3n) is 4.12. The van der Waals surface area contributed by atoms with Crippen molar-refractivity contribution < 1.29 is 8.42 Å². The van der Waals surface area contributed by atoms with E-state index in [0.29, 0.717) is 22.7 Å². The second kappa shape index (κ2) is 5.94. The summed E-state index contributed by atoms with van der Waals surface area (Å²) in [5.74, 6) is 0. The molecule has 0 saturated carbocycles. The summed E-state index contributed by atoms with van der Waals surface area (Å²) in [7, 11) is -1.48. The molecule has 0 radical (unpaired) electrons. The Morgan fingerprint density at radius 3 is 2.57 bits per heavy atom. The van der Waals surface area contributed by atoms with Crippen LogP contribution >= 0.6 is 0 Å². The number of nitrogens with zero attached hydrogens (tertiary/aromatic N) is 2. The minimum atomic E-state index is -3.51. The van der Waals surface area contributed by atoms with Crippen LogP contribution in [-0.4, -0.2) is 50.3 Å². The first-order valence-electron chi connectivity index (χ1n) is 7.30. The van der Waals surface area contributed by atoms with Gasteiger partial charge in [0.2, 0.25) is 10.0 Å². The van der Waals surface area contributed by atoms with Crippen molar-refractivity contribution in [1.29, 1.82) is 0 Å². The molecule has 1 aliphatic rings. The zero-order chi connectivity index (χ0) is 15.8. The molecule has 1 heterocycles. The molecule has 0 spiro atoms. The van der Waals surface area contributed by atoms with Gasteiger partial charge in [-0.05, 0) is 64.0 Å². The van der Waals surface area contributed by atoms with E-state index in [1.807, 2.05) is 27.0 Å². The molecule has 1 aromatic carbocycles. The number of hydrogen-bond donors (Lipinski definition) is 1. The Kier molecular flexibility index (Phi) is 4.60. The van der Waals surface area contributed by atoms with E-state index < -0.39 is 10.0 Å². The van der Waals surface area contributed by atoms with Crippen molar-refractivity contribution in [3.63, 3.8) is 0 Å². The number of benzene rings is 1. The fraction of sp³-hybridized carbons (Fsp3) is 0.600. The van der Waals surface area contributed by atoms with Crippen LogP contribution in [0.2, 0.25) is 0 Å². The summed E-state index contributed by atoms with van der Waals surface area (Å²) in [6.45, 7) is 7.84. The van der Waals surface area contributed by atoms with Crippen LogP contribution in [0.5, 0.6) is 0 Å². The molecule has 2 N–H and O–H groups in total. The van der Waals surface area contributed by atoms with Crippen LogP contribution in [0.4, 0.5) is 5.69 Å². The van der Waals surface area contributed by atoms with Gasteiger partial charge in [0.25, 0.3) is 0 Å². The van der Waals surface area contributed by atoms with Crippen molar-refractivity contribution in [2.45, 2.75) is 38.1 Å². The lowest BCUT2D eigenvalue weighted by Gasteiger charge is -2.28. The molecule has 0 aliphatic carbocycles. The lowest BCUT2D eigenvalue weighted by molar-refractivity contribution is 0.290. The summed E-state index contributed by atoms with van der Waals surface area (Å²) in [5, 5.41) is 0. The van der Waals surface area contributed by atoms with Crippen LogP contribution in [0.15, 0.2) is 17.0 Å². The number of rotatable bonds is 2. The highest BCUT2D eigenvalue weighted by molar-refractivity contribution is 7.89. The van der Waals surface area contributed by atoms with E-state index in [1.54, 1.807) is 17.3 Å². The van der Waals surface area contributed by atoms with Gasteiger partial charge in [-0.2, -0.15) is 4.31 Å². The molecule has 0 amide bonds. The van der Waals surface area contributed by atoms with Gasteiger partial charge in [0.15, 0.2) is 0 Å². The van der Waals surface area contributed by atoms with Crippen LogP contribution < -0.4 is 5.73 Å². The SMILES string of the molecule is Cc1cc(N)c(C)c(S(=O)(=O)N2CCCN(C)CC2C)c1. The van der Waals surface area contributed by atoms with Gasteiger partial charge in [-0.25, -0.2) is 8.42 Å². The molecule has 1 fully saturated rings. The lowest BCUT2D eigenvalue weighted by Crippen LogP contribution is -2.42. The van der Waals surface area contributed by atoms with E-state index in [1.165, 1.54) is 0 Å². The number of nitrogens with two attached hydrogens (primary N) is 1. The van der Waals surface area contributed by atoms with Crippen molar-refractivity contribution in [3.05, 3.63) is 23.3 Å². The Hall–Kier alpha value is -1.11. The topological polar surface area (TPSA) is 66.6 Å². The van der Waals surface area contributed by atoms with Crippen LogP contribution in [0.25, 0.3) is 0 Å². The summed E-state index contributed by atoms with van der Waals surface area (Å²) in [6, 6.07) is 3.50. The molecule has 1 saturated heterocycles. The predicted molar refractivity (Wildman–Crippen MR) is 85.8 cm³/mol. The molecule has 0 aromatic heterocycles. The average Bonchev–Trinajstić information content (AvgIpc) is 2.54. The second-order valence-electron chi connectivity index (χ2n) is 6.06. The van der Waals surface area contributed by atoms with E-state index in [2.05, 4.69) is 4.90 Å². The largest absolute Gasteiger partial charge is 0.398 e. The van der Waals surface area contributed by atoms with Gasteiger partial charge in [-0.15, -0.1) is 0 Å². The maximum absolute atomic E-state index is 13.0. The molecule has 1 aromatic rings. The van der Waals surface area contributed by atoms with E-state index in [-0.39, 0.29) is 6.04 Å². The first-order chi connectivity index (χ1) is 9.73. The number of sulfonamides is 1. The smallest absolute Gasteiger partial charge is 0.243 e. The van der Waals surface area contributed by atoms with Crippen LogP contribution in [-0.2, 0) is 10.0 Å². The second-order valence-corrected chi connectivity index (χ2v) is 7.92. The molecule has 1 unspecified atom stereocenters.